The highest BCUT2D eigenvalue weighted by Crippen LogP contribution is 2.37. The second-order valence-corrected chi connectivity index (χ2v) is 7.94. The van der Waals surface area contributed by atoms with Crippen molar-refractivity contribution in [1.29, 1.82) is 0 Å². The third kappa shape index (κ3) is 3.77. The molecule has 3 amide bonds. The van der Waals surface area contributed by atoms with Gasteiger partial charge in [0.2, 0.25) is 5.91 Å². The predicted octanol–water partition coefficient (Wildman–Crippen LogP) is 2.16. The van der Waals surface area contributed by atoms with E-state index in [1.165, 1.54) is 6.26 Å². The fourth-order valence-electron chi connectivity index (χ4n) is 3.82. The molecule has 0 aliphatic carbocycles. The number of hydrogen-bond acceptors (Lipinski definition) is 5. The Morgan fingerprint density at radius 2 is 1.70 bits per heavy atom. The Morgan fingerprint density at radius 3 is 2.40 bits per heavy atom. The Hall–Kier alpha value is -3.29. The van der Waals surface area contributed by atoms with E-state index in [0.717, 1.165) is 0 Å². The molecule has 0 unspecified atom stereocenters. The van der Waals surface area contributed by atoms with Gasteiger partial charge in [0.05, 0.1) is 12.0 Å². The van der Waals surface area contributed by atoms with Crippen molar-refractivity contribution in [3.05, 3.63) is 48.4 Å². The van der Waals surface area contributed by atoms with E-state index < -0.39 is 5.60 Å². The lowest BCUT2D eigenvalue weighted by Gasteiger charge is -2.39. The molecule has 1 aromatic heterocycles. The molecule has 1 aromatic carbocycles. The Balaban J connectivity index is 1.35. The highest BCUT2D eigenvalue weighted by atomic mass is 16.5. The number of para-hydroxylation sites is 2. The van der Waals surface area contributed by atoms with Crippen LogP contribution in [0.3, 0.4) is 0 Å². The normalized spacial score (nSPS) is 18.1. The molecule has 2 aromatic rings. The van der Waals surface area contributed by atoms with Crippen LogP contribution in [0.15, 0.2) is 47.1 Å². The van der Waals surface area contributed by atoms with Crippen molar-refractivity contribution in [3.8, 4) is 5.75 Å². The molecule has 8 heteroatoms. The summed E-state index contributed by atoms with van der Waals surface area (Å²) in [7, 11) is 0. The summed E-state index contributed by atoms with van der Waals surface area (Å²) < 4.78 is 11.0. The molecule has 1 fully saturated rings. The van der Waals surface area contributed by atoms with Gasteiger partial charge in [-0.1, -0.05) is 12.1 Å². The van der Waals surface area contributed by atoms with Gasteiger partial charge in [-0.05, 0) is 38.1 Å². The maximum atomic E-state index is 12.9. The van der Waals surface area contributed by atoms with Crippen LogP contribution in [0.1, 0.15) is 30.8 Å². The van der Waals surface area contributed by atoms with E-state index in [2.05, 4.69) is 0 Å². The quantitative estimate of drug-likeness (QED) is 0.770. The maximum Gasteiger partial charge on any atom is 0.289 e. The van der Waals surface area contributed by atoms with Gasteiger partial charge in [-0.15, -0.1) is 0 Å². The highest BCUT2D eigenvalue weighted by Gasteiger charge is 2.40. The summed E-state index contributed by atoms with van der Waals surface area (Å²) in [6.45, 7) is 5.59. The summed E-state index contributed by atoms with van der Waals surface area (Å²) in [5, 5.41) is 0. The van der Waals surface area contributed by atoms with Crippen molar-refractivity contribution < 1.29 is 23.5 Å². The zero-order valence-electron chi connectivity index (χ0n) is 17.2. The van der Waals surface area contributed by atoms with E-state index in [0.29, 0.717) is 43.4 Å². The number of fused-ring (bicyclic) bond motifs is 1. The molecule has 0 radical (unpaired) electrons. The van der Waals surface area contributed by atoms with Crippen LogP contribution >= 0.6 is 0 Å². The van der Waals surface area contributed by atoms with E-state index in [9.17, 15) is 14.4 Å². The molecule has 0 atom stereocenters. The van der Waals surface area contributed by atoms with Crippen molar-refractivity contribution >= 4 is 23.4 Å². The van der Waals surface area contributed by atoms with Crippen LogP contribution in [-0.2, 0) is 9.59 Å². The Kier molecular flexibility index (Phi) is 5.24. The van der Waals surface area contributed by atoms with E-state index in [4.69, 9.17) is 9.15 Å². The minimum atomic E-state index is -0.977. The number of carbonyl (C=O) groups is 3. The van der Waals surface area contributed by atoms with Crippen LogP contribution in [0.25, 0.3) is 0 Å². The molecule has 2 aliphatic heterocycles. The van der Waals surface area contributed by atoms with Crippen molar-refractivity contribution in [3.63, 3.8) is 0 Å². The molecule has 4 rings (SSSR count). The first-order valence-corrected chi connectivity index (χ1v) is 10.1. The largest absolute Gasteiger partial charge is 0.476 e. The highest BCUT2D eigenvalue weighted by molar-refractivity contribution is 6.02. The van der Waals surface area contributed by atoms with Gasteiger partial charge in [0.15, 0.2) is 11.4 Å². The molecule has 30 heavy (non-hydrogen) atoms. The number of piperazine rings is 1. The fraction of sp³-hybridized carbons (Fsp3) is 0.409. The van der Waals surface area contributed by atoms with Crippen LogP contribution in [0.5, 0.6) is 5.75 Å². The van der Waals surface area contributed by atoms with Crippen molar-refractivity contribution in [1.82, 2.24) is 9.80 Å². The smallest absolute Gasteiger partial charge is 0.289 e. The van der Waals surface area contributed by atoms with Gasteiger partial charge in [-0.3, -0.25) is 14.4 Å². The number of anilines is 1. The molecular weight excluding hydrogens is 386 g/mol. The average molecular weight is 411 g/mol. The van der Waals surface area contributed by atoms with E-state index in [1.807, 2.05) is 24.3 Å². The van der Waals surface area contributed by atoms with Crippen LogP contribution in [0, 0.1) is 0 Å². The molecule has 0 spiro atoms. The van der Waals surface area contributed by atoms with Crippen LogP contribution in [0.4, 0.5) is 5.69 Å². The van der Waals surface area contributed by atoms with Gasteiger partial charge in [0, 0.05) is 39.1 Å². The molecule has 3 heterocycles. The molecule has 1 saturated heterocycles. The summed E-state index contributed by atoms with van der Waals surface area (Å²) in [6, 6.07) is 10.7. The summed E-state index contributed by atoms with van der Waals surface area (Å²) in [5.74, 6) is 0.587. The SMILES string of the molecule is CC1(C)Oc2ccccc2N(CCC(=O)N2CCN(C(=O)c3ccco3)CC2)C1=O. The number of carbonyl (C=O) groups excluding carboxylic acids is 3. The van der Waals surface area contributed by atoms with Crippen LogP contribution in [-0.4, -0.2) is 65.8 Å². The minimum Gasteiger partial charge on any atom is -0.476 e. The van der Waals surface area contributed by atoms with Gasteiger partial charge >= 0.3 is 0 Å². The Morgan fingerprint density at radius 1 is 1.00 bits per heavy atom. The molecule has 8 nitrogen and oxygen atoms in total. The number of ether oxygens (including phenoxy) is 1. The Bertz CT molecular complexity index is 945. The van der Waals surface area contributed by atoms with Gasteiger partial charge < -0.3 is 23.9 Å². The van der Waals surface area contributed by atoms with Crippen molar-refractivity contribution in [2.75, 3.05) is 37.6 Å². The predicted molar refractivity (Wildman–Crippen MR) is 109 cm³/mol. The molecular formula is C22H25N3O5. The first kappa shape index (κ1) is 20.0. The first-order valence-electron chi connectivity index (χ1n) is 10.1. The number of amides is 3. The zero-order chi connectivity index (χ0) is 21.3. The lowest BCUT2D eigenvalue weighted by Crippen LogP contribution is -2.54. The van der Waals surface area contributed by atoms with Gasteiger partial charge in [0.25, 0.3) is 11.8 Å². The van der Waals surface area contributed by atoms with Gasteiger partial charge in [0.1, 0.15) is 5.75 Å². The lowest BCUT2D eigenvalue weighted by atomic mass is 10.0. The third-order valence-corrected chi connectivity index (χ3v) is 5.48. The topological polar surface area (TPSA) is 83.3 Å². The standard InChI is InChI=1S/C22H25N3O5/c1-22(2)21(28)25(16-6-3-4-7-17(16)30-22)10-9-19(26)23-11-13-24(14-12-23)20(27)18-8-5-15-29-18/h3-8,15H,9-14H2,1-2H3. The molecule has 0 N–H and O–H groups in total. The summed E-state index contributed by atoms with van der Waals surface area (Å²) >= 11 is 0. The number of furan rings is 1. The number of hydrogen-bond donors (Lipinski definition) is 0. The van der Waals surface area contributed by atoms with E-state index in [1.54, 1.807) is 40.7 Å². The van der Waals surface area contributed by atoms with E-state index >= 15 is 0 Å². The zero-order valence-corrected chi connectivity index (χ0v) is 17.2. The summed E-state index contributed by atoms with van der Waals surface area (Å²) in [6.07, 6.45) is 1.68. The minimum absolute atomic E-state index is 0.0327. The molecule has 0 bridgehead atoms. The van der Waals surface area contributed by atoms with Gasteiger partial charge in [-0.25, -0.2) is 0 Å². The molecule has 0 saturated carbocycles. The fourth-order valence-corrected chi connectivity index (χ4v) is 3.82. The third-order valence-electron chi connectivity index (χ3n) is 5.48. The maximum absolute atomic E-state index is 12.9. The van der Waals surface area contributed by atoms with Crippen LogP contribution in [0.2, 0.25) is 0 Å². The Labute approximate surface area is 175 Å². The molecule has 2 aliphatic rings. The number of rotatable bonds is 4. The van der Waals surface area contributed by atoms with Crippen LogP contribution < -0.4 is 9.64 Å². The summed E-state index contributed by atoms with van der Waals surface area (Å²) in [4.78, 5) is 43.0. The average Bonchev–Trinajstić information content (AvgIpc) is 3.28. The lowest BCUT2D eigenvalue weighted by molar-refractivity contribution is -0.134. The number of nitrogens with zero attached hydrogens (tertiary/aromatic N) is 3. The van der Waals surface area contributed by atoms with E-state index in [-0.39, 0.29) is 30.7 Å². The van der Waals surface area contributed by atoms with Crippen molar-refractivity contribution in [2.45, 2.75) is 25.9 Å². The van der Waals surface area contributed by atoms with Crippen molar-refractivity contribution in [2.24, 2.45) is 0 Å². The first-order chi connectivity index (χ1) is 14.4. The van der Waals surface area contributed by atoms with Gasteiger partial charge in [-0.2, -0.15) is 0 Å². The monoisotopic (exact) mass is 411 g/mol. The molecule has 158 valence electrons. The summed E-state index contributed by atoms with van der Waals surface area (Å²) in [5.41, 5.74) is -0.293. The second kappa shape index (κ2) is 7.85. The second-order valence-electron chi connectivity index (χ2n) is 7.94. The number of benzene rings is 1.